The maximum Gasteiger partial charge on any atom is 0.276 e. The molecule has 0 aliphatic carbocycles. The predicted octanol–water partition coefficient (Wildman–Crippen LogP) is 2.46. The standard InChI is InChI=1S/C16H18N2O3/c1-11-3-2-8-18(11)16(20)14-10-21-15(17-14)13-6-4-12(9-19)5-7-13/h4-7,10-11,19H,2-3,8-9H2,1H3/t11-/m0/s1. The molecule has 0 saturated carbocycles. The number of carbonyl (C=O) groups excluding carboxylic acids is 1. The Balaban J connectivity index is 1.80. The molecule has 21 heavy (non-hydrogen) atoms. The van der Waals surface area contributed by atoms with E-state index in [4.69, 9.17) is 9.52 Å². The van der Waals surface area contributed by atoms with Crippen LogP contribution < -0.4 is 0 Å². The molecule has 2 aromatic rings. The van der Waals surface area contributed by atoms with Gasteiger partial charge in [0.2, 0.25) is 5.89 Å². The number of amides is 1. The van der Waals surface area contributed by atoms with E-state index >= 15 is 0 Å². The number of nitrogens with zero attached hydrogens (tertiary/aromatic N) is 2. The van der Waals surface area contributed by atoms with E-state index in [-0.39, 0.29) is 18.6 Å². The summed E-state index contributed by atoms with van der Waals surface area (Å²) < 4.78 is 5.42. The zero-order chi connectivity index (χ0) is 14.8. The van der Waals surface area contributed by atoms with Crippen LogP contribution in [0.5, 0.6) is 0 Å². The Morgan fingerprint density at radius 1 is 1.43 bits per heavy atom. The summed E-state index contributed by atoms with van der Waals surface area (Å²) in [4.78, 5) is 18.5. The lowest BCUT2D eigenvalue weighted by Crippen LogP contribution is -2.33. The van der Waals surface area contributed by atoms with E-state index in [1.807, 2.05) is 29.2 Å². The van der Waals surface area contributed by atoms with E-state index in [1.165, 1.54) is 6.26 Å². The van der Waals surface area contributed by atoms with Crippen LogP contribution in [0.15, 0.2) is 34.9 Å². The molecule has 5 heteroatoms. The van der Waals surface area contributed by atoms with E-state index < -0.39 is 0 Å². The molecule has 1 fully saturated rings. The van der Waals surface area contributed by atoms with Gasteiger partial charge in [0, 0.05) is 18.2 Å². The van der Waals surface area contributed by atoms with Crippen molar-refractivity contribution >= 4 is 5.91 Å². The second-order valence-electron chi connectivity index (χ2n) is 5.38. The lowest BCUT2D eigenvalue weighted by molar-refractivity contribution is 0.0741. The van der Waals surface area contributed by atoms with E-state index in [9.17, 15) is 4.79 Å². The summed E-state index contributed by atoms with van der Waals surface area (Å²) in [7, 11) is 0. The first kappa shape index (κ1) is 13.8. The number of aliphatic hydroxyl groups is 1. The van der Waals surface area contributed by atoms with Crippen molar-refractivity contribution in [1.29, 1.82) is 0 Å². The van der Waals surface area contributed by atoms with Gasteiger partial charge in [0.25, 0.3) is 5.91 Å². The van der Waals surface area contributed by atoms with Crippen molar-refractivity contribution in [1.82, 2.24) is 9.88 Å². The van der Waals surface area contributed by atoms with Gasteiger partial charge in [0.1, 0.15) is 6.26 Å². The maximum atomic E-state index is 12.4. The highest BCUT2D eigenvalue weighted by atomic mass is 16.3. The minimum Gasteiger partial charge on any atom is -0.444 e. The zero-order valence-corrected chi connectivity index (χ0v) is 12.0. The highest BCUT2D eigenvalue weighted by Crippen LogP contribution is 2.23. The van der Waals surface area contributed by atoms with Crippen LogP contribution in [0.2, 0.25) is 0 Å². The number of hydrogen-bond acceptors (Lipinski definition) is 4. The molecule has 1 aliphatic heterocycles. The van der Waals surface area contributed by atoms with Gasteiger partial charge in [-0.1, -0.05) is 12.1 Å². The summed E-state index contributed by atoms with van der Waals surface area (Å²) >= 11 is 0. The SMILES string of the molecule is C[C@H]1CCCN1C(=O)c1coc(-c2ccc(CO)cc2)n1. The minimum absolute atomic E-state index is 0.00243. The topological polar surface area (TPSA) is 66.6 Å². The Kier molecular flexibility index (Phi) is 3.75. The van der Waals surface area contributed by atoms with Crippen molar-refractivity contribution < 1.29 is 14.3 Å². The van der Waals surface area contributed by atoms with Crippen molar-refractivity contribution in [3.8, 4) is 11.5 Å². The van der Waals surface area contributed by atoms with Gasteiger partial charge in [0.15, 0.2) is 5.69 Å². The molecule has 0 bridgehead atoms. The van der Waals surface area contributed by atoms with Crippen LogP contribution in [0.4, 0.5) is 0 Å². The largest absolute Gasteiger partial charge is 0.444 e. The highest BCUT2D eigenvalue weighted by Gasteiger charge is 2.28. The number of rotatable bonds is 3. The Morgan fingerprint density at radius 3 is 2.81 bits per heavy atom. The molecule has 0 radical (unpaired) electrons. The number of benzene rings is 1. The lowest BCUT2D eigenvalue weighted by Gasteiger charge is -2.19. The van der Waals surface area contributed by atoms with Gasteiger partial charge in [-0.15, -0.1) is 0 Å². The third-order valence-corrected chi connectivity index (χ3v) is 3.92. The zero-order valence-electron chi connectivity index (χ0n) is 12.0. The Bertz CT molecular complexity index is 633. The van der Waals surface area contributed by atoms with Crippen molar-refractivity contribution in [2.75, 3.05) is 6.54 Å². The van der Waals surface area contributed by atoms with Gasteiger partial charge in [-0.2, -0.15) is 0 Å². The Labute approximate surface area is 123 Å². The van der Waals surface area contributed by atoms with Crippen molar-refractivity contribution in [3.63, 3.8) is 0 Å². The van der Waals surface area contributed by atoms with Crippen LogP contribution in [-0.4, -0.2) is 33.5 Å². The van der Waals surface area contributed by atoms with E-state index in [2.05, 4.69) is 11.9 Å². The molecule has 2 heterocycles. The summed E-state index contributed by atoms with van der Waals surface area (Å²) in [5, 5.41) is 9.03. The number of oxazole rings is 1. The molecule has 1 aromatic carbocycles. The summed E-state index contributed by atoms with van der Waals surface area (Å²) in [6, 6.07) is 7.53. The van der Waals surface area contributed by atoms with Crippen molar-refractivity contribution in [2.24, 2.45) is 0 Å². The fourth-order valence-electron chi connectivity index (χ4n) is 2.64. The minimum atomic E-state index is -0.0676. The van der Waals surface area contributed by atoms with Crippen LogP contribution in [0, 0.1) is 0 Å². The Hall–Kier alpha value is -2.14. The molecular weight excluding hydrogens is 268 g/mol. The summed E-state index contributed by atoms with van der Waals surface area (Å²) in [5.74, 6) is 0.358. The molecule has 0 unspecified atom stereocenters. The first-order valence-electron chi connectivity index (χ1n) is 7.15. The number of likely N-dealkylation sites (tertiary alicyclic amines) is 1. The van der Waals surface area contributed by atoms with E-state index in [1.54, 1.807) is 0 Å². The highest BCUT2D eigenvalue weighted by molar-refractivity contribution is 5.92. The van der Waals surface area contributed by atoms with E-state index in [0.29, 0.717) is 11.6 Å². The number of aromatic nitrogens is 1. The average Bonchev–Trinajstić information content (AvgIpc) is 3.16. The van der Waals surface area contributed by atoms with Crippen LogP contribution in [0.1, 0.15) is 35.8 Å². The van der Waals surface area contributed by atoms with Gasteiger partial charge in [-0.05, 0) is 37.5 Å². The first-order valence-corrected chi connectivity index (χ1v) is 7.15. The molecule has 0 spiro atoms. The number of carbonyl (C=O) groups is 1. The smallest absolute Gasteiger partial charge is 0.276 e. The molecule has 1 atom stereocenters. The molecule has 3 rings (SSSR count). The number of aliphatic hydroxyl groups excluding tert-OH is 1. The molecule has 1 amide bonds. The second-order valence-corrected chi connectivity index (χ2v) is 5.38. The second kappa shape index (κ2) is 5.69. The summed E-state index contributed by atoms with van der Waals surface area (Å²) in [6.07, 6.45) is 3.50. The normalized spacial score (nSPS) is 18.2. The van der Waals surface area contributed by atoms with Crippen molar-refractivity contribution in [3.05, 3.63) is 41.8 Å². The molecular formula is C16H18N2O3. The third kappa shape index (κ3) is 2.69. The fourth-order valence-corrected chi connectivity index (χ4v) is 2.64. The first-order chi connectivity index (χ1) is 10.2. The van der Waals surface area contributed by atoms with Crippen LogP contribution in [-0.2, 0) is 6.61 Å². The number of hydrogen-bond donors (Lipinski definition) is 1. The molecule has 1 aliphatic rings. The van der Waals surface area contributed by atoms with Crippen LogP contribution in [0.25, 0.3) is 11.5 Å². The third-order valence-electron chi connectivity index (χ3n) is 3.92. The van der Waals surface area contributed by atoms with Crippen LogP contribution >= 0.6 is 0 Å². The van der Waals surface area contributed by atoms with Gasteiger partial charge in [0.05, 0.1) is 6.61 Å². The van der Waals surface area contributed by atoms with Crippen molar-refractivity contribution in [2.45, 2.75) is 32.4 Å². The summed E-state index contributed by atoms with van der Waals surface area (Å²) in [6.45, 7) is 2.84. The van der Waals surface area contributed by atoms with Gasteiger partial charge in [-0.3, -0.25) is 4.79 Å². The average molecular weight is 286 g/mol. The van der Waals surface area contributed by atoms with Crippen LogP contribution in [0.3, 0.4) is 0 Å². The quantitative estimate of drug-likeness (QED) is 0.941. The monoisotopic (exact) mass is 286 g/mol. The maximum absolute atomic E-state index is 12.4. The predicted molar refractivity (Wildman–Crippen MR) is 77.6 cm³/mol. The summed E-state index contributed by atoms with van der Waals surface area (Å²) in [5.41, 5.74) is 1.97. The molecule has 1 aromatic heterocycles. The molecule has 1 saturated heterocycles. The molecule has 110 valence electrons. The van der Waals surface area contributed by atoms with Gasteiger partial charge < -0.3 is 14.4 Å². The van der Waals surface area contributed by atoms with E-state index in [0.717, 1.165) is 30.5 Å². The molecule has 1 N–H and O–H groups in total. The van der Waals surface area contributed by atoms with Gasteiger partial charge in [-0.25, -0.2) is 4.98 Å². The fraction of sp³-hybridized carbons (Fsp3) is 0.375. The molecule has 5 nitrogen and oxygen atoms in total. The van der Waals surface area contributed by atoms with Gasteiger partial charge >= 0.3 is 0 Å². The lowest BCUT2D eigenvalue weighted by atomic mass is 10.1. The Morgan fingerprint density at radius 2 is 2.19 bits per heavy atom.